The number of hydrogen-bond acceptors (Lipinski definition) is 1. The largest absolute Gasteiger partial charge is 0.362 e. The predicted octanol–water partition coefficient (Wildman–Crippen LogP) is 3.15. The van der Waals surface area contributed by atoms with Gasteiger partial charge >= 0.3 is 0 Å². The van der Waals surface area contributed by atoms with E-state index in [-0.39, 0.29) is 0 Å². The minimum atomic E-state index is 0.685. The fraction of sp³-hybridized carbons (Fsp3) is 0.333. The molecule has 0 aromatic carbocycles. The molecule has 0 aromatic rings. The van der Waals surface area contributed by atoms with Gasteiger partial charge in [-0.2, -0.15) is 0 Å². The predicted molar refractivity (Wildman–Crippen MR) is 58.1 cm³/mol. The maximum absolute atomic E-state index is 3.22. The first-order chi connectivity index (χ1) is 6.33. The molecule has 0 radical (unpaired) electrons. The Morgan fingerprint density at radius 3 is 2.92 bits per heavy atom. The van der Waals surface area contributed by atoms with Crippen molar-refractivity contribution in [2.24, 2.45) is 5.92 Å². The average Bonchev–Trinajstić information content (AvgIpc) is 2.15. The quantitative estimate of drug-likeness (QED) is 0.650. The molecule has 0 amide bonds. The lowest BCUT2D eigenvalue weighted by Crippen LogP contribution is -2.06. The molecule has 1 unspecified atom stereocenters. The molecule has 0 saturated carbocycles. The fourth-order valence-corrected chi connectivity index (χ4v) is 1.15. The summed E-state index contributed by atoms with van der Waals surface area (Å²) < 4.78 is 0. The van der Waals surface area contributed by atoms with Crippen LogP contribution in [0.1, 0.15) is 20.3 Å². The Hall–Kier alpha value is -1.24. The van der Waals surface area contributed by atoms with E-state index in [0.29, 0.717) is 5.92 Å². The van der Waals surface area contributed by atoms with Gasteiger partial charge in [-0.05, 0) is 31.4 Å². The van der Waals surface area contributed by atoms with Crippen molar-refractivity contribution in [3.8, 4) is 0 Å². The molecule has 0 fully saturated rings. The van der Waals surface area contributed by atoms with E-state index < -0.39 is 0 Å². The molecule has 0 spiro atoms. The summed E-state index contributed by atoms with van der Waals surface area (Å²) in [6.07, 6.45) is 15.7. The van der Waals surface area contributed by atoms with E-state index in [0.717, 1.165) is 6.42 Å². The minimum Gasteiger partial charge on any atom is -0.362 e. The van der Waals surface area contributed by atoms with E-state index >= 15 is 0 Å². The second kappa shape index (κ2) is 5.41. The monoisotopic (exact) mass is 175 g/mol. The molecule has 0 bridgehead atoms. The van der Waals surface area contributed by atoms with Crippen LogP contribution >= 0.6 is 0 Å². The summed E-state index contributed by atoms with van der Waals surface area (Å²) in [4.78, 5) is 0. The number of allylic oxidation sites excluding steroid dienone is 6. The Morgan fingerprint density at radius 2 is 2.31 bits per heavy atom. The summed E-state index contributed by atoms with van der Waals surface area (Å²) in [7, 11) is 0. The Morgan fingerprint density at radius 1 is 1.46 bits per heavy atom. The summed E-state index contributed by atoms with van der Waals surface area (Å²) in [6, 6.07) is 0. The molecule has 1 aliphatic rings. The Balaban J connectivity index is 2.35. The molecule has 0 aliphatic heterocycles. The molecule has 1 aliphatic carbocycles. The van der Waals surface area contributed by atoms with E-state index in [1.165, 1.54) is 5.70 Å². The van der Waals surface area contributed by atoms with Crippen molar-refractivity contribution >= 4 is 0 Å². The van der Waals surface area contributed by atoms with Crippen molar-refractivity contribution in [1.29, 1.82) is 0 Å². The Labute approximate surface area is 80.5 Å². The molecular formula is C12H17N. The van der Waals surface area contributed by atoms with Crippen LogP contribution in [0, 0.1) is 5.92 Å². The molecule has 0 aromatic heterocycles. The summed E-state index contributed by atoms with van der Waals surface area (Å²) in [5, 5.41) is 3.22. The van der Waals surface area contributed by atoms with Crippen molar-refractivity contribution in [1.82, 2.24) is 5.32 Å². The molecule has 1 atom stereocenters. The summed E-state index contributed by atoms with van der Waals surface area (Å²) in [5.41, 5.74) is 1.19. The molecule has 0 heterocycles. The van der Waals surface area contributed by atoms with Crippen molar-refractivity contribution in [2.75, 3.05) is 0 Å². The standard InChI is InChI=1S/C12H17N/c1-3-4-5-10-13-12-8-6-11(2)7-9-12/h3-6,8-11,13H,7H2,1-2H3/b4-3-,10-5+. The highest BCUT2D eigenvalue weighted by Gasteiger charge is 2.00. The molecule has 0 saturated heterocycles. The lowest BCUT2D eigenvalue weighted by Gasteiger charge is -2.10. The van der Waals surface area contributed by atoms with E-state index in [9.17, 15) is 0 Å². The van der Waals surface area contributed by atoms with Gasteiger partial charge in [-0.1, -0.05) is 31.2 Å². The second-order valence-corrected chi connectivity index (χ2v) is 3.26. The summed E-state index contributed by atoms with van der Waals surface area (Å²) in [6.45, 7) is 4.23. The van der Waals surface area contributed by atoms with Crippen molar-refractivity contribution in [3.05, 3.63) is 48.4 Å². The smallest absolute Gasteiger partial charge is 0.0336 e. The lowest BCUT2D eigenvalue weighted by atomic mass is 10.0. The van der Waals surface area contributed by atoms with Crippen LogP contribution in [0.4, 0.5) is 0 Å². The molecule has 1 rings (SSSR count). The normalized spacial score (nSPS) is 22.6. The van der Waals surface area contributed by atoms with Gasteiger partial charge in [0.05, 0.1) is 0 Å². The van der Waals surface area contributed by atoms with Gasteiger partial charge < -0.3 is 5.32 Å². The number of rotatable bonds is 3. The van der Waals surface area contributed by atoms with Crippen LogP contribution in [-0.4, -0.2) is 0 Å². The van der Waals surface area contributed by atoms with Crippen LogP contribution < -0.4 is 5.32 Å². The molecular weight excluding hydrogens is 158 g/mol. The van der Waals surface area contributed by atoms with Crippen molar-refractivity contribution < 1.29 is 0 Å². The minimum absolute atomic E-state index is 0.685. The van der Waals surface area contributed by atoms with Crippen LogP contribution in [0.3, 0.4) is 0 Å². The first-order valence-corrected chi connectivity index (χ1v) is 4.75. The van der Waals surface area contributed by atoms with Crippen molar-refractivity contribution in [3.63, 3.8) is 0 Å². The van der Waals surface area contributed by atoms with Gasteiger partial charge in [-0.25, -0.2) is 0 Å². The lowest BCUT2D eigenvalue weighted by molar-refractivity contribution is 0.724. The third kappa shape index (κ3) is 3.79. The maximum Gasteiger partial charge on any atom is 0.0336 e. The fourth-order valence-electron chi connectivity index (χ4n) is 1.15. The highest BCUT2D eigenvalue weighted by atomic mass is 14.8. The molecule has 1 heteroatoms. The van der Waals surface area contributed by atoms with E-state index in [4.69, 9.17) is 0 Å². The third-order valence-corrected chi connectivity index (χ3v) is 1.96. The van der Waals surface area contributed by atoms with E-state index in [2.05, 4.69) is 30.5 Å². The van der Waals surface area contributed by atoms with E-state index in [1.54, 1.807) is 0 Å². The SMILES string of the molecule is C/C=C\C=C\NC1=CCC(C)C=C1. The molecule has 1 nitrogen and oxygen atoms in total. The van der Waals surface area contributed by atoms with Crippen molar-refractivity contribution in [2.45, 2.75) is 20.3 Å². The topological polar surface area (TPSA) is 12.0 Å². The van der Waals surface area contributed by atoms with Crippen LogP contribution in [-0.2, 0) is 0 Å². The zero-order chi connectivity index (χ0) is 9.52. The highest BCUT2D eigenvalue weighted by molar-refractivity contribution is 5.23. The van der Waals surface area contributed by atoms with Gasteiger partial charge in [-0.15, -0.1) is 0 Å². The highest BCUT2D eigenvalue weighted by Crippen LogP contribution is 2.13. The van der Waals surface area contributed by atoms with Gasteiger partial charge in [0.15, 0.2) is 0 Å². The average molecular weight is 175 g/mol. The first-order valence-electron chi connectivity index (χ1n) is 4.75. The molecule has 1 N–H and O–H groups in total. The first kappa shape index (κ1) is 9.85. The Bertz CT molecular complexity index is 256. The van der Waals surface area contributed by atoms with Gasteiger partial charge in [0, 0.05) is 11.9 Å². The zero-order valence-electron chi connectivity index (χ0n) is 8.33. The van der Waals surface area contributed by atoms with Gasteiger partial charge in [0.25, 0.3) is 0 Å². The second-order valence-electron chi connectivity index (χ2n) is 3.26. The third-order valence-electron chi connectivity index (χ3n) is 1.96. The van der Waals surface area contributed by atoms with Crippen LogP contribution in [0.15, 0.2) is 48.4 Å². The Kier molecular flexibility index (Phi) is 4.10. The van der Waals surface area contributed by atoms with Crippen LogP contribution in [0.25, 0.3) is 0 Å². The number of hydrogen-bond donors (Lipinski definition) is 1. The van der Waals surface area contributed by atoms with Gasteiger partial charge in [-0.3, -0.25) is 0 Å². The zero-order valence-corrected chi connectivity index (χ0v) is 8.33. The number of nitrogens with one attached hydrogen (secondary N) is 1. The maximum atomic E-state index is 3.22. The van der Waals surface area contributed by atoms with Gasteiger partial charge in [0.1, 0.15) is 0 Å². The van der Waals surface area contributed by atoms with Crippen LogP contribution in [0.2, 0.25) is 0 Å². The van der Waals surface area contributed by atoms with E-state index in [1.807, 2.05) is 31.4 Å². The summed E-state index contributed by atoms with van der Waals surface area (Å²) >= 11 is 0. The van der Waals surface area contributed by atoms with Crippen LogP contribution in [0.5, 0.6) is 0 Å². The van der Waals surface area contributed by atoms with Gasteiger partial charge in [0.2, 0.25) is 0 Å². The summed E-state index contributed by atoms with van der Waals surface area (Å²) in [5.74, 6) is 0.685. The molecule has 13 heavy (non-hydrogen) atoms. The molecule has 70 valence electrons.